The summed E-state index contributed by atoms with van der Waals surface area (Å²) in [6.45, 7) is -0.451. The van der Waals surface area contributed by atoms with E-state index in [0.29, 0.717) is 0 Å². The molecule has 4 nitrogen and oxygen atoms in total. The number of ether oxygens (including phenoxy) is 2. The van der Waals surface area contributed by atoms with Crippen LogP contribution in [0.1, 0.15) is 25.7 Å². The van der Waals surface area contributed by atoms with E-state index in [-0.39, 0.29) is 25.8 Å². The Hall–Kier alpha value is -0.160. The van der Waals surface area contributed by atoms with Gasteiger partial charge in [-0.3, -0.25) is 0 Å². The molecule has 0 saturated heterocycles. The van der Waals surface area contributed by atoms with Crippen molar-refractivity contribution in [2.24, 2.45) is 0 Å². The summed E-state index contributed by atoms with van der Waals surface area (Å²) in [5.74, 6) is 0. The van der Waals surface area contributed by atoms with Gasteiger partial charge < -0.3 is 19.7 Å². The Morgan fingerprint density at radius 1 is 1.00 bits per heavy atom. The second-order valence-corrected chi connectivity index (χ2v) is 3.00. The van der Waals surface area contributed by atoms with Crippen molar-refractivity contribution in [3.63, 3.8) is 0 Å². The third kappa shape index (κ3) is 3.06. The zero-order chi connectivity index (χ0) is 8.81. The van der Waals surface area contributed by atoms with Crippen LogP contribution in [0.2, 0.25) is 0 Å². The van der Waals surface area contributed by atoms with Gasteiger partial charge in [0.1, 0.15) is 13.6 Å². The molecule has 2 unspecified atom stereocenters. The van der Waals surface area contributed by atoms with Gasteiger partial charge in [0, 0.05) is 0 Å². The molecule has 12 heavy (non-hydrogen) atoms. The van der Waals surface area contributed by atoms with E-state index >= 15 is 0 Å². The highest BCUT2D eigenvalue weighted by Crippen LogP contribution is 2.22. The Kier molecular flexibility index (Phi) is 4.53. The number of hydrogen-bond donors (Lipinski definition) is 2. The lowest BCUT2D eigenvalue weighted by atomic mass is 9.95. The minimum absolute atomic E-state index is 0.0975. The van der Waals surface area contributed by atoms with Crippen molar-refractivity contribution in [2.75, 3.05) is 13.6 Å². The first kappa shape index (κ1) is 9.92. The van der Waals surface area contributed by atoms with E-state index in [4.69, 9.17) is 19.7 Å². The third-order valence-corrected chi connectivity index (χ3v) is 2.20. The first-order valence-electron chi connectivity index (χ1n) is 4.31. The zero-order valence-corrected chi connectivity index (χ0v) is 7.11. The van der Waals surface area contributed by atoms with Gasteiger partial charge >= 0.3 is 0 Å². The summed E-state index contributed by atoms with van der Waals surface area (Å²) in [6.07, 6.45) is 3.97. The monoisotopic (exact) mass is 176 g/mol. The molecule has 1 aliphatic carbocycles. The molecule has 0 spiro atoms. The fraction of sp³-hybridized carbons (Fsp3) is 1.00. The van der Waals surface area contributed by atoms with Gasteiger partial charge in [-0.05, 0) is 25.7 Å². The van der Waals surface area contributed by atoms with E-state index in [0.717, 1.165) is 25.7 Å². The topological polar surface area (TPSA) is 58.9 Å². The molecule has 72 valence electrons. The molecule has 0 radical (unpaired) electrons. The van der Waals surface area contributed by atoms with Gasteiger partial charge in [0.05, 0.1) is 12.2 Å². The van der Waals surface area contributed by atoms with Crippen LogP contribution in [0, 0.1) is 0 Å². The Morgan fingerprint density at radius 2 is 1.50 bits per heavy atom. The van der Waals surface area contributed by atoms with Gasteiger partial charge in [0.2, 0.25) is 0 Å². The van der Waals surface area contributed by atoms with Crippen molar-refractivity contribution >= 4 is 0 Å². The van der Waals surface area contributed by atoms with E-state index in [1.165, 1.54) is 0 Å². The summed E-state index contributed by atoms with van der Waals surface area (Å²) in [5.41, 5.74) is 0. The van der Waals surface area contributed by atoms with Gasteiger partial charge in [0.15, 0.2) is 0 Å². The van der Waals surface area contributed by atoms with Gasteiger partial charge in [-0.2, -0.15) is 0 Å². The predicted octanol–water partition coefficient (Wildman–Crippen LogP) is 0.230. The van der Waals surface area contributed by atoms with Crippen LogP contribution in [0.3, 0.4) is 0 Å². The molecule has 1 fully saturated rings. The van der Waals surface area contributed by atoms with E-state index in [1.54, 1.807) is 0 Å². The summed E-state index contributed by atoms with van der Waals surface area (Å²) in [5, 5.41) is 17.0. The maximum atomic E-state index is 8.52. The molecule has 0 aromatic carbocycles. The molecule has 4 heteroatoms. The van der Waals surface area contributed by atoms with E-state index in [9.17, 15) is 0 Å². The van der Waals surface area contributed by atoms with Crippen LogP contribution in [0.4, 0.5) is 0 Å². The lowest BCUT2D eigenvalue weighted by Gasteiger charge is -2.27. The molecule has 1 saturated carbocycles. The molecule has 0 aromatic heterocycles. The van der Waals surface area contributed by atoms with E-state index < -0.39 is 0 Å². The van der Waals surface area contributed by atoms with Crippen molar-refractivity contribution < 1.29 is 19.7 Å². The molecule has 0 bridgehead atoms. The molecule has 2 atom stereocenters. The van der Waals surface area contributed by atoms with E-state index in [1.807, 2.05) is 0 Å². The standard InChI is InChI=1S/C8H16O4/c9-5-11-7-2-1-3-8(4-7)12-6-10/h7-10H,1-6H2. The summed E-state index contributed by atoms with van der Waals surface area (Å²) >= 11 is 0. The smallest absolute Gasteiger partial charge is 0.143 e. The van der Waals surface area contributed by atoms with Crippen molar-refractivity contribution in [3.05, 3.63) is 0 Å². The molecule has 2 N–H and O–H groups in total. The first-order chi connectivity index (χ1) is 5.86. The molecule has 1 rings (SSSR count). The van der Waals surface area contributed by atoms with Crippen LogP contribution in [-0.2, 0) is 9.47 Å². The minimum Gasteiger partial charge on any atom is -0.371 e. The number of aliphatic hydroxyl groups is 2. The second-order valence-electron chi connectivity index (χ2n) is 3.00. The average molecular weight is 176 g/mol. The van der Waals surface area contributed by atoms with Crippen LogP contribution in [0.15, 0.2) is 0 Å². The van der Waals surface area contributed by atoms with Crippen molar-refractivity contribution in [2.45, 2.75) is 37.9 Å². The predicted molar refractivity (Wildman–Crippen MR) is 42.4 cm³/mol. The van der Waals surface area contributed by atoms with Crippen molar-refractivity contribution in [3.8, 4) is 0 Å². The van der Waals surface area contributed by atoms with Crippen LogP contribution in [-0.4, -0.2) is 36.0 Å². The molecular formula is C8H16O4. The Balaban J connectivity index is 2.20. The highest BCUT2D eigenvalue weighted by atomic mass is 16.6. The molecule has 0 amide bonds. The molecule has 0 heterocycles. The Bertz CT molecular complexity index is 102. The van der Waals surface area contributed by atoms with Gasteiger partial charge in [0.25, 0.3) is 0 Å². The second kappa shape index (κ2) is 5.48. The van der Waals surface area contributed by atoms with Crippen molar-refractivity contribution in [1.29, 1.82) is 0 Å². The highest BCUT2D eigenvalue weighted by molar-refractivity contribution is 4.73. The number of rotatable bonds is 4. The third-order valence-electron chi connectivity index (χ3n) is 2.20. The lowest BCUT2D eigenvalue weighted by Crippen LogP contribution is -2.28. The maximum Gasteiger partial charge on any atom is 0.143 e. The Morgan fingerprint density at radius 3 is 1.92 bits per heavy atom. The van der Waals surface area contributed by atoms with Gasteiger partial charge in [-0.1, -0.05) is 0 Å². The summed E-state index contributed by atoms with van der Waals surface area (Å²) in [7, 11) is 0. The largest absolute Gasteiger partial charge is 0.371 e. The molecule has 0 aromatic rings. The zero-order valence-electron chi connectivity index (χ0n) is 7.11. The SMILES string of the molecule is OCOC1CCCC(OCO)C1. The van der Waals surface area contributed by atoms with Crippen LogP contribution in [0.5, 0.6) is 0 Å². The lowest BCUT2D eigenvalue weighted by molar-refractivity contribution is -0.115. The normalized spacial score (nSPS) is 30.5. The van der Waals surface area contributed by atoms with E-state index in [2.05, 4.69) is 0 Å². The average Bonchev–Trinajstić information content (AvgIpc) is 2.06. The Labute approximate surface area is 72.1 Å². The number of hydrogen-bond acceptors (Lipinski definition) is 4. The van der Waals surface area contributed by atoms with Crippen molar-refractivity contribution in [1.82, 2.24) is 0 Å². The molecule has 0 aliphatic heterocycles. The summed E-state index contributed by atoms with van der Waals surface area (Å²) in [6, 6.07) is 0. The maximum absolute atomic E-state index is 8.52. The summed E-state index contributed by atoms with van der Waals surface area (Å²) in [4.78, 5) is 0. The quantitative estimate of drug-likeness (QED) is 0.602. The number of aliphatic hydroxyl groups excluding tert-OH is 2. The van der Waals surface area contributed by atoms with Crippen LogP contribution < -0.4 is 0 Å². The molecular weight excluding hydrogens is 160 g/mol. The van der Waals surface area contributed by atoms with Gasteiger partial charge in [-0.25, -0.2) is 0 Å². The van der Waals surface area contributed by atoms with Crippen LogP contribution in [0.25, 0.3) is 0 Å². The molecule has 1 aliphatic rings. The van der Waals surface area contributed by atoms with Gasteiger partial charge in [-0.15, -0.1) is 0 Å². The highest BCUT2D eigenvalue weighted by Gasteiger charge is 2.22. The first-order valence-corrected chi connectivity index (χ1v) is 4.31. The van der Waals surface area contributed by atoms with Crippen LogP contribution >= 0.6 is 0 Å². The fourth-order valence-electron chi connectivity index (χ4n) is 1.62. The minimum atomic E-state index is -0.226. The fourth-order valence-corrected chi connectivity index (χ4v) is 1.62. The summed E-state index contributed by atoms with van der Waals surface area (Å²) < 4.78 is 10.1.